The van der Waals surface area contributed by atoms with E-state index in [1.165, 1.54) is 19.4 Å². The Labute approximate surface area is 173 Å². The first-order valence-electron chi connectivity index (χ1n) is 10.5. The van der Waals surface area contributed by atoms with Crippen molar-refractivity contribution in [2.75, 3.05) is 31.6 Å². The number of fused-ring (bicyclic) bond motifs is 2. The minimum Gasteiger partial charge on any atom is -0.492 e. The monoisotopic (exact) mass is 415 g/mol. The van der Waals surface area contributed by atoms with E-state index in [0.29, 0.717) is 35.5 Å². The molecule has 9 heteroatoms. The lowest BCUT2D eigenvalue weighted by Gasteiger charge is -2.25. The number of nitrogen functional groups attached to an aromatic ring is 1. The molecule has 2 aromatic rings. The molecule has 4 N–H and O–H groups in total. The fraction of sp³-hybridized carbons (Fsp3) is 0.524. The van der Waals surface area contributed by atoms with E-state index in [-0.39, 0.29) is 17.0 Å². The zero-order valence-corrected chi connectivity index (χ0v) is 16.9. The molecule has 0 bridgehead atoms. The highest BCUT2D eigenvalue weighted by Gasteiger charge is 2.38. The van der Waals surface area contributed by atoms with Gasteiger partial charge in [0.05, 0.1) is 18.0 Å². The van der Waals surface area contributed by atoms with Crippen molar-refractivity contribution in [3.05, 3.63) is 33.9 Å². The summed E-state index contributed by atoms with van der Waals surface area (Å²) in [4.78, 5) is 27.2. The van der Waals surface area contributed by atoms with Crippen LogP contribution in [0.1, 0.15) is 42.1 Å². The number of hydrogen-bond acceptors (Lipinski definition) is 6. The van der Waals surface area contributed by atoms with Crippen molar-refractivity contribution in [3.63, 3.8) is 0 Å². The zero-order valence-electron chi connectivity index (χ0n) is 16.9. The lowest BCUT2D eigenvalue weighted by molar-refractivity contribution is 0.0952. The van der Waals surface area contributed by atoms with Crippen LogP contribution >= 0.6 is 0 Å². The fourth-order valence-electron chi connectivity index (χ4n) is 5.04. The number of pyridine rings is 1. The number of piperidine rings is 1. The van der Waals surface area contributed by atoms with E-state index in [9.17, 15) is 9.59 Å². The van der Waals surface area contributed by atoms with Crippen molar-refractivity contribution >= 4 is 22.5 Å². The number of anilines is 1. The topological polar surface area (TPSA) is 102 Å². The van der Waals surface area contributed by atoms with Gasteiger partial charge in [0.1, 0.15) is 11.3 Å². The molecule has 160 valence electrons. The third-order valence-corrected chi connectivity index (χ3v) is 6.63. The Morgan fingerprint density at radius 3 is 2.80 bits per heavy atom. The summed E-state index contributed by atoms with van der Waals surface area (Å²) in [6.07, 6.45) is 5.63. The van der Waals surface area contributed by atoms with Gasteiger partial charge in [-0.05, 0) is 44.2 Å². The number of aromatic nitrogens is 1. The number of amides is 1. The second kappa shape index (κ2) is 7.24. The number of carbonyl (C=O) groups is 1. The van der Waals surface area contributed by atoms with Crippen LogP contribution in [0.15, 0.2) is 17.1 Å². The smallest absolute Gasteiger partial charge is 0.270 e. The standard InChI is InChI=1S/C21H26FN5O3/c1-30-20-17-13(19(28)14(21(29)25-23)9-27(17)12-4-5-12)7-15(22)18(20)26-8-11-3-2-6-24-16(11)10-26/h7,9,11-12,16,24H,2-6,8,10,23H2,1H3,(H,25,29). The molecule has 3 aliphatic rings. The second-order valence-electron chi connectivity index (χ2n) is 8.49. The van der Waals surface area contributed by atoms with E-state index in [2.05, 4.69) is 5.32 Å². The van der Waals surface area contributed by atoms with Gasteiger partial charge in [0.25, 0.3) is 5.91 Å². The number of nitrogens with one attached hydrogen (secondary N) is 2. The van der Waals surface area contributed by atoms with Crippen LogP contribution in [0.4, 0.5) is 10.1 Å². The molecule has 30 heavy (non-hydrogen) atoms. The number of ether oxygens (including phenoxy) is 1. The summed E-state index contributed by atoms with van der Waals surface area (Å²) in [6, 6.07) is 1.73. The van der Waals surface area contributed by atoms with Crippen LogP contribution in [0.5, 0.6) is 5.75 Å². The van der Waals surface area contributed by atoms with Gasteiger partial charge in [0.2, 0.25) is 5.43 Å². The third kappa shape index (κ3) is 2.95. The third-order valence-electron chi connectivity index (χ3n) is 6.63. The van der Waals surface area contributed by atoms with Gasteiger partial charge in [0.15, 0.2) is 11.6 Å². The van der Waals surface area contributed by atoms with E-state index in [1.807, 2.05) is 14.9 Å². The molecule has 0 radical (unpaired) electrons. The van der Waals surface area contributed by atoms with Gasteiger partial charge in [0, 0.05) is 31.4 Å². The summed E-state index contributed by atoms with van der Waals surface area (Å²) >= 11 is 0. The minimum absolute atomic E-state index is 0.0949. The first-order valence-corrected chi connectivity index (χ1v) is 10.5. The van der Waals surface area contributed by atoms with E-state index in [0.717, 1.165) is 38.8 Å². The number of nitrogens with two attached hydrogens (primary N) is 1. The van der Waals surface area contributed by atoms with Gasteiger partial charge >= 0.3 is 0 Å². The zero-order chi connectivity index (χ0) is 21.0. The normalized spacial score (nSPS) is 23.5. The summed E-state index contributed by atoms with van der Waals surface area (Å²) in [5.74, 6) is 4.88. The van der Waals surface area contributed by atoms with Crippen molar-refractivity contribution in [2.24, 2.45) is 11.8 Å². The average molecular weight is 415 g/mol. The van der Waals surface area contributed by atoms with Crippen molar-refractivity contribution in [1.29, 1.82) is 0 Å². The lowest BCUT2D eigenvalue weighted by atomic mass is 9.94. The molecule has 2 unspecified atom stereocenters. The number of benzene rings is 1. The fourth-order valence-corrected chi connectivity index (χ4v) is 5.04. The highest BCUT2D eigenvalue weighted by molar-refractivity contribution is 5.99. The number of halogens is 1. The van der Waals surface area contributed by atoms with Crippen LogP contribution < -0.4 is 31.7 Å². The second-order valence-corrected chi connectivity index (χ2v) is 8.49. The molecule has 2 aliphatic heterocycles. The molecule has 3 heterocycles. The Morgan fingerprint density at radius 2 is 2.13 bits per heavy atom. The lowest BCUT2D eigenvalue weighted by Crippen LogP contribution is -2.40. The summed E-state index contributed by atoms with van der Waals surface area (Å²) in [6.45, 7) is 2.43. The van der Waals surface area contributed by atoms with Gasteiger partial charge in [-0.15, -0.1) is 0 Å². The van der Waals surface area contributed by atoms with Crippen LogP contribution in [0, 0.1) is 11.7 Å². The van der Waals surface area contributed by atoms with E-state index in [1.54, 1.807) is 0 Å². The maximum Gasteiger partial charge on any atom is 0.270 e. The molecule has 5 rings (SSSR count). The summed E-state index contributed by atoms with van der Waals surface area (Å²) in [5, 5.41) is 3.67. The van der Waals surface area contributed by atoms with Gasteiger partial charge in [-0.2, -0.15) is 0 Å². The highest BCUT2D eigenvalue weighted by atomic mass is 19.1. The predicted molar refractivity (Wildman–Crippen MR) is 111 cm³/mol. The molecule has 2 saturated heterocycles. The Hall–Kier alpha value is -2.65. The first-order chi connectivity index (χ1) is 14.5. The molecule has 1 aliphatic carbocycles. The summed E-state index contributed by atoms with van der Waals surface area (Å²) in [5.41, 5.74) is 2.30. The molecule has 2 atom stereocenters. The molecule has 1 aromatic carbocycles. The van der Waals surface area contributed by atoms with E-state index < -0.39 is 17.2 Å². The minimum atomic E-state index is -0.686. The molecular weight excluding hydrogens is 389 g/mol. The van der Waals surface area contributed by atoms with Crippen molar-refractivity contribution in [1.82, 2.24) is 15.3 Å². The Kier molecular flexibility index (Phi) is 4.67. The van der Waals surface area contributed by atoms with Crippen molar-refractivity contribution in [2.45, 2.75) is 37.8 Å². The number of hydrogen-bond donors (Lipinski definition) is 3. The van der Waals surface area contributed by atoms with Gasteiger partial charge < -0.3 is 19.5 Å². The quantitative estimate of drug-likeness (QED) is 0.395. The molecule has 3 fully saturated rings. The maximum atomic E-state index is 15.4. The van der Waals surface area contributed by atoms with Gasteiger partial charge in [-0.3, -0.25) is 15.0 Å². The van der Waals surface area contributed by atoms with E-state index >= 15 is 4.39 Å². The van der Waals surface area contributed by atoms with Crippen molar-refractivity contribution in [3.8, 4) is 5.75 Å². The predicted octanol–water partition coefficient (Wildman–Crippen LogP) is 1.28. The number of carbonyl (C=O) groups excluding carboxylic acids is 1. The largest absolute Gasteiger partial charge is 0.492 e. The number of nitrogens with zero attached hydrogens (tertiary/aromatic N) is 2. The summed E-state index contributed by atoms with van der Waals surface area (Å²) in [7, 11) is 1.50. The number of rotatable bonds is 4. The number of hydrazine groups is 1. The van der Waals surface area contributed by atoms with Crippen LogP contribution in [-0.4, -0.2) is 43.3 Å². The maximum absolute atomic E-state index is 15.4. The molecular formula is C21H26FN5O3. The molecule has 0 spiro atoms. The van der Waals surface area contributed by atoms with Crippen LogP contribution in [0.3, 0.4) is 0 Å². The molecule has 1 amide bonds. The summed E-state index contributed by atoms with van der Waals surface area (Å²) < 4.78 is 23.0. The van der Waals surface area contributed by atoms with Gasteiger partial charge in [-0.1, -0.05) is 0 Å². The molecule has 1 saturated carbocycles. The van der Waals surface area contributed by atoms with Crippen LogP contribution in [0.2, 0.25) is 0 Å². The Morgan fingerprint density at radius 1 is 1.33 bits per heavy atom. The van der Waals surface area contributed by atoms with Crippen LogP contribution in [0.25, 0.3) is 10.9 Å². The van der Waals surface area contributed by atoms with Crippen LogP contribution in [-0.2, 0) is 0 Å². The van der Waals surface area contributed by atoms with Crippen molar-refractivity contribution < 1.29 is 13.9 Å². The molecule has 1 aromatic heterocycles. The number of methoxy groups -OCH3 is 1. The highest BCUT2D eigenvalue weighted by Crippen LogP contribution is 2.45. The molecule has 8 nitrogen and oxygen atoms in total. The van der Waals surface area contributed by atoms with Gasteiger partial charge in [-0.25, -0.2) is 10.2 Å². The Balaban J connectivity index is 1.72. The first kappa shape index (κ1) is 19.3. The SMILES string of the molecule is COc1c(N2CC3CCCNC3C2)c(F)cc2c(=O)c(C(=O)NN)cn(C3CC3)c12. The van der Waals surface area contributed by atoms with E-state index in [4.69, 9.17) is 10.6 Å². The Bertz CT molecular complexity index is 1070. The average Bonchev–Trinajstić information content (AvgIpc) is 3.51.